The van der Waals surface area contributed by atoms with E-state index >= 15 is 0 Å². The van der Waals surface area contributed by atoms with Crippen LogP contribution in [0.4, 0.5) is 5.82 Å². The molecule has 0 radical (unpaired) electrons. The van der Waals surface area contributed by atoms with Crippen molar-refractivity contribution in [3.8, 4) is 0 Å². The number of piperidine rings is 1. The first-order chi connectivity index (χ1) is 10.4. The number of benzene rings is 1. The second kappa shape index (κ2) is 5.41. The topological polar surface area (TPSA) is 79.5 Å². The van der Waals surface area contributed by atoms with Crippen LogP contribution in [0.1, 0.15) is 18.4 Å². The van der Waals surface area contributed by atoms with Gasteiger partial charge in [-0.25, -0.2) is 4.98 Å². The Hall–Kier alpha value is -1.85. The third kappa shape index (κ3) is 2.51. The fourth-order valence-corrected chi connectivity index (χ4v) is 3.13. The smallest absolute Gasteiger partial charge is 0.251 e. The predicted octanol–water partition coefficient (Wildman–Crippen LogP) is 2.01. The van der Waals surface area contributed by atoms with Crippen molar-refractivity contribution in [1.82, 2.24) is 4.98 Å². The van der Waals surface area contributed by atoms with Gasteiger partial charge in [0.05, 0.1) is 12.1 Å². The first kappa shape index (κ1) is 15.1. The number of fused-ring (bicyclic) bond motifs is 1. The zero-order chi connectivity index (χ0) is 15.9. The van der Waals surface area contributed by atoms with Gasteiger partial charge >= 0.3 is 0 Å². The molecule has 22 heavy (non-hydrogen) atoms. The van der Waals surface area contributed by atoms with Gasteiger partial charge in [-0.2, -0.15) is 0 Å². The van der Waals surface area contributed by atoms with Crippen molar-refractivity contribution in [2.24, 2.45) is 5.73 Å². The zero-order valence-corrected chi connectivity index (χ0v) is 13.1. The van der Waals surface area contributed by atoms with E-state index in [9.17, 15) is 9.90 Å². The van der Waals surface area contributed by atoms with Gasteiger partial charge in [0.15, 0.2) is 5.60 Å². The van der Waals surface area contributed by atoms with E-state index in [0.29, 0.717) is 17.9 Å². The lowest BCUT2D eigenvalue weighted by atomic mass is 9.92. The molecule has 0 spiro atoms. The van der Waals surface area contributed by atoms with Crippen LogP contribution in [-0.4, -0.2) is 34.7 Å². The Bertz CT molecular complexity index is 749. The highest BCUT2D eigenvalue weighted by molar-refractivity contribution is 6.35. The molecule has 116 valence electrons. The highest BCUT2D eigenvalue weighted by atomic mass is 35.5. The average Bonchev–Trinajstić information content (AvgIpc) is 2.51. The van der Waals surface area contributed by atoms with Crippen LogP contribution >= 0.6 is 11.6 Å². The summed E-state index contributed by atoms with van der Waals surface area (Å²) in [4.78, 5) is 18.0. The number of nitrogens with two attached hydrogens (primary N) is 1. The molecule has 1 aliphatic heterocycles. The molecule has 0 saturated carbocycles. The summed E-state index contributed by atoms with van der Waals surface area (Å²) in [6.45, 7) is 2.87. The number of amides is 1. The van der Waals surface area contributed by atoms with Crippen LogP contribution in [0.25, 0.3) is 10.9 Å². The lowest BCUT2D eigenvalue weighted by Gasteiger charge is -2.37. The first-order valence-corrected chi connectivity index (χ1v) is 7.62. The molecule has 1 atom stereocenters. The molecule has 5 nitrogen and oxygen atoms in total. The van der Waals surface area contributed by atoms with Crippen molar-refractivity contribution in [2.45, 2.75) is 25.4 Å². The molecule has 1 amide bonds. The number of rotatable bonds is 2. The summed E-state index contributed by atoms with van der Waals surface area (Å²) < 4.78 is 0. The molecule has 0 unspecified atom stereocenters. The summed E-state index contributed by atoms with van der Waals surface area (Å²) in [5.74, 6) is 0.0365. The van der Waals surface area contributed by atoms with Crippen molar-refractivity contribution in [1.29, 1.82) is 0 Å². The largest absolute Gasteiger partial charge is 0.378 e. The molecule has 0 bridgehead atoms. The van der Waals surface area contributed by atoms with E-state index in [1.807, 2.05) is 36.1 Å². The van der Waals surface area contributed by atoms with E-state index in [0.717, 1.165) is 28.8 Å². The molecule has 6 heteroatoms. The van der Waals surface area contributed by atoms with Gasteiger partial charge < -0.3 is 15.7 Å². The third-order valence-corrected chi connectivity index (χ3v) is 4.57. The average molecular weight is 320 g/mol. The van der Waals surface area contributed by atoms with Gasteiger partial charge in [-0.1, -0.05) is 17.7 Å². The number of primary amides is 1. The molecular weight excluding hydrogens is 302 g/mol. The minimum atomic E-state index is -1.49. The fraction of sp³-hybridized carbons (Fsp3) is 0.375. The second-order valence-electron chi connectivity index (χ2n) is 5.85. The van der Waals surface area contributed by atoms with Gasteiger partial charge in [0, 0.05) is 17.0 Å². The molecule has 2 heterocycles. The number of hydrogen-bond acceptors (Lipinski definition) is 4. The van der Waals surface area contributed by atoms with Crippen molar-refractivity contribution in [2.75, 3.05) is 18.0 Å². The van der Waals surface area contributed by atoms with Crippen molar-refractivity contribution < 1.29 is 9.90 Å². The molecule has 3 rings (SSSR count). The lowest BCUT2D eigenvalue weighted by molar-refractivity contribution is -0.137. The minimum Gasteiger partial charge on any atom is -0.378 e. The Morgan fingerprint density at radius 1 is 1.41 bits per heavy atom. The van der Waals surface area contributed by atoms with Crippen LogP contribution < -0.4 is 10.6 Å². The summed E-state index contributed by atoms with van der Waals surface area (Å²) in [7, 11) is 0. The van der Waals surface area contributed by atoms with E-state index < -0.39 is 11.5 Å². The highest BCUT2D eigenvalue weighted by Crippen LogP contribution is 2.30. The van der Waals surface area contributed by atoms with Gasteiger partial charge in [-0.05, 0) is 43.5 Å². The Morgan fingerprint density at radius 3 is 2.91 bits per heavy atom. The number of anilines is 1. The molecule has 1 fully saturated rings. The first-order valence-electron chi connectivity index (χ1n) is 7.24. The van der Waals surface area contributed by atoms with E-state index in [1.54, 1.807) is 0 Å². The molecule has 3 N–H and O–H groups in total. The van der Waals surface area contributed by atoms with Gasteiger partial charge in [0.25, 0.3) is 5.91 Å². The number of aryl methyl sites for hydroxylation is 1. The molecule has 0 aliphatic carbocycles. The number of carbonyl (C=O) groups is 1. The van der Waals surface area contributed by atoms with Gasteiger partial charge in [0.2, 0.25) is 0 Å². The second-order valence-corrected chi connectivity index (χ2v) is 6.26. The van der Waals surface area contributed by atoms with Gasteiger partial charge in [-0.15, -0.1) is 0 Å². The molecule has 1 aliphatic rings. The SMILES string of the molecule is Cc1ccc(Cl)c2ccc(N3CCC[C@](O)(C(N)=O)C3)nc12. The standard InChI is InChI=1S/C16H18ClN3O2/c1-10-3-5-12(17)11-4-6-13(19-14(10)11)20-8-2-7-16(22,9-20)15(18)21/h3-6,22H,2,7-9H2,1H3,(H2,18,21)/t16-/m1/s1. The van der Waals surface area contributed by atoms with Crippen LogP contribution in [0.5, 0.6) is 0 Å². The van der Waals surface area contributed by atoms with E-state index in [4.69, 9.17) is 17.3 Å². The molecule has 1 aromatic carbocycles. The number of aromatic nitrogens is 1. The molecule has 1 saturated heterocycles. The summed E-state index contributed by atoms with van der Waals surface area (Å²) in [5, 5.41) is 11.9. The van der Waals surface area contributed by atoms with E-state index in [2.05, 4.69) is 4.98 Å². The Labute approximate surface area is 133 Å². The number of pyridine rings is 1. The normalized spacial score (nSPS) is 22.0. The van der Waals surface area contributed by atoms with Crippen molar-refractivity contribution in [3.05, 3.63) is 34.9 Å². The zero-order valence-electron chi connectivity index (χ0n) is 12.3. The number of nitrogens with zero attached hydrogens (tertiary/aromatic N) is 2. The molecular formula is C16H18ClN3O2. The molecule has 1 aromatic heterocycles. The quantitative estimate of drug-likeness (QED) is 0.887. The fourth-order valence-electron chi connectivity index (χ4n) is 2.92. The Balaban J connectivity index is 2.00. The van der Waals surface area contributed by atoms with Crippen LogP contribution in [0, 0.1) is 6.92 Å². The summed E-state index contributed by atoms with van der Waals surface area (Å²) in [6, 6.07) is 7.57. The lowest BCUT2D eigenvalue weighted by Crippen LogP contribution is -2.56. The van der Waals surface area contributed by atoms with E-state index in [-0.39, 0.29) is 6.54 Å². The maximum atomic E-state index is 11.5. The van der Waals surface area contributed by atoms with Crippen molar-refractivity contribution in [3.63, 3.8) is 0 Å². The van der Waals surface area contributed by atoms with Crippen LogP contribution in [-0.2, 0) is 4.79 Å². The minimum absolute atomic E-state index is 0.167. The number of aliphatic hydroxyl groups is 1. The molecule has 2 aromatic rings. The number of hydrogen-bond donors (Lipinski definition) is 2. The van der Waals surface area contributed by atoms with E-state index in [1.165, 1.54) is 0 Å². The van der Waals surface area contributed by atoms with Gasteiger partial charge in [0.1, 0.15) is 5.82 Å². The maximum absolute atomic E-state index is 11.5. The monoisotopic (exact) mass is 319 g/mol. The summed E-state index contributed by atoms with van der Waals surface area (Å²) >= 11 is 6.20. The van der Waals surface area contributed by atoms with Gasteiger partial charge in [-0.3, -0.25) is 4.79 Å². The Kier molecular flexibility index (Phi) is 3.70. The third-order valence-electron chi connectivity index (χ3n) is 4.24. The maximum Gasteiger partial charge on any atom is 0.251 e. The predicted molar refractivity (Wildman–Crippen MR) is 87.1 cm³/mol. The number of β-amino-alcohol motifs (C(OH)–C–C–N with tert-alkyl or cyclic N) is 1. The number of halogens is 1. The summed E-state index contributed by atoms with van der Waals surface area (Å²) in [6.07, 6.45) is 1.07. The van der Waals surface area contributed by atoms with Crippen LogP contribution in [0.3, 0.4) is 0 Å². The van der Waals surface area contributed by atoms with Crippen LogP contribution in [0.15, 0.2) is 24.3 Å². The number of carbonyl (C=O) groups excluding carboxylic acids is 1. The summed E-state index contributed by atoms with van der Waals surface area (Å²) in [5.41, 5.74) is 5.70. The Morgan fingerprint density at radius 2 is 2.18 bits per heavy atom. The van der Waals surface area contributed by atoms with Crippen LogP contribution in [0.2, 0.25) is 5.02 Å². The highest BCUT2D eigenvalue weighted by Gasteiger charge is 2.39. The van der Waals surface area contributed by atoms with Crippen molar-refractivity contribution >= 4 is 34.2 Å².